The lowest BCUT2D eigenvalue weighted by Gasteiger charge is -2.24. The molecule has 1 aromatic carbocycles. The number of benzene rings is 1. The van der Waals surface area contributed by atoms with Gasteiger partial charge in [-0.05, 0) is 50.7 Å². The molecule has 0 bridgehead atoms. The highest BCUT2D eigenvalue weighted by atomic mass is 35.5. The zero-order valence-electron chi connectivity index (χ0n) is 17.9. The van der Waals surface area contributed by atoms with Gasteiger partial charge in [-0.25, -0.2) is 0 Å². The second kappa shape index (κ2) is 12.5. The molecule has 2 aromatic rings. The summed E-state index contributed by atoms with van der Waals surface area (Å²) in [6, 6.07) is 6.86. The van der Waals surface area contributed by atoms with Gasteiger partial charge in [-0.1, -0.05) is 23.2 Å². The van der Waals surface area contributed by atoms with Crippen molar-refractivity contribution < 1.29 is 14.2 Å². The highest BCUT2D eigenvalue weighted by Crippen LogP contribution is 2.38. The quantitative estimate of drug-likeness (QED) is 0.267. The minimum Gasteiger partial charge on any atom is -0.495 e. The third kappa shape index (κ3) is 7.06. The fraction of sp³-hybridized carbons (Fsp3) is 0.364. The molecule has 0 aliphatic heterocycles. The highest BCUT2D eigenvalue weighted by molar-refractivity contribution is 7.80. The number of halogens is 2. The first kappa shape index (κ1) is 24.9. The predicted octanol–water partition coefficient (Wildman–Crippen LogP) is 6.02. The van der Waals surface area contributed by atoms with E-state index >= 15 is 0 Å². The summed E-state index contributed by atoms with van der Waals surface area (Å²) in [7, 11) is 2.96. The lowest BCUT2D eigenvalue weighted by molar-refractivity contribution is 0.367. The van der Waals surface area contributed by atoms with Crippen molar-refractivity contribution in [3.63, 3.8) is 0 Å². The maximum Gasteiger partial charge on any atom is 0.239 e. The number of methoxy groups -OCH3 is 2. The Hall–Kier alpha value is -2.40. The van der Waals surface area contributed by atoms with Gasteiger partial charge in [-0.15, -0.1) is 11.8 Å². The molecule has 0 spiro atoms. The maximum atomic E-state index is 6.42. The van der Waals surface area contributed by atoms with Crippen molar-refractivity contribution in [2.45, 2.75) is 26.7 Å². The monoisotopic (exact) mass is 481 g/mol. The van der Waals surface area contributed by atoms with E-state index in [-0.39, 0.29) is 16.8 Å². The molecule has 0 atom stereocenters. The summed E-state index contributed by atoms with van der Waals surface area (Å²) in [5.41, 5.74) is 0.758. The molecule has 0 aliphatic carbocycles. The van der Waals surface area contributed by atoms with Gasteiger partial charge in [0.1, 0.15) is 16.5 Å². The standard InChI is InChI=1S/C22H25Cl2N3O3S/c1-5-7-8-9-12-27(6-2)22(31)25-15-10-11-17(16(23)13-15)30-19-14-18(28-3)20(24)21(26-19)29-4/h10-11,13-14H,6,8-9,12H2,1-4H3,(H,25,31). The van der Waals surface area contributed by atoms with Gasteiger partial charge in [-0.2, -0.15) is 4.98 Å². The number of rotatable bonds is 9. The van der Waals surface area contributed by atoms with E-state index in [9.17, 15) is 0 Å². The predicted molar refractivity (Wildman–Crippen MR) is 130 cm³/mol. The lowest BCUT2D eigenvalue weighted by atomic mass is 10.3. The number of anilines is 1. The van der Waals surface area contributed by atoms with Crippen molar-refractivity contribution in [3.05, 3.63) is 34.3 Å². The van der Waals surface area contributed by atoms with Crippen LogP contribution in [0.2, 0.25) is 10.0 Å². The van der Waals surface area contributed by atoms with Gasteiger partial charge in [0.15, 0.2) is 5.11 Å². The number of nitrogens with one attached hydrogen (secondary N) is 1. The fourth-order valence-electron chi connectivity index (χ4n) is 2.66. The first-order chi connectivity index (χ1) is 14.9. The van der Waals surface area contributed by atoms with Crippen LogP contribution in [0.5, 0.6) is 23.3 Å². The van der Waals surface area contributed by atoms with E-state index < -0.39 is 0 Å². The van der Waals surface area contributed by atoms with Gasteiger partial charge in [0, 0.05) is 31.3 Å². The van der Waals surface area contributed by atoms with E-state index in [4.69, 9.17) is 49.6 Å². The molecule has 0 aliphatic rings. The van der Waals surface area contributed by atoms with Crippen LogP contribution in [-0.4, -0.2) is 42.3 Å². The Kier molecular flexibility index (Phi) is 9.99. The number of hydrogen-bond acceptors (Lipinski definition) is 5. The summed E-state index contributed by atoms with van der Waals surface area (Å²) >= 11 is 18.1. The number of unbranched alkanes of at least 4 members (excludes halogenated alkanes) is 1. The van der Waals surface area contributed by atoms with Crippen LogP contribution in [0.4, 0.5) is 5.69 Å². The van der Waals surface area contributed by atoms with Gasteiger partial charge >= 0.3 is 0 Å². The highest BCUT2D eigenvalue weighted by Gasteiger charge is 2.15. The molecule has 1 heterocycles. The van der Waals surface area contributed by atoms with Crippen molar-refractivity contribution in [1.82, 2.24) is 9.88 Å². The summed E-state index contributed by atoms with van der Waals surface area (Å²) in [5.74, 6) is 7.21. The molecule has 31 heavy (non-hydrogen) atoms. The van der Waals surface area contributed by atoms with Crippen LogP contribution in [0.25, 0.3) is 0 Å². The van der Waals surface area contributed by atoms with Crippen molar-refractivity contribution in [3.8, 4) is 35.1 Å². The third-order valence-electron chi connectivity index (χ3n) is 4.26. The maximum absolute atomic E-state index is 6.42. The molecule has 2 rings (SSSR count). The number of aromatic nitrogens is 1. The van der Waals surface area contributed by atoms with E-state index in [1.807, 2.05) is 13.0 Å². The van der Waals surface area contributed by atoms with Crippen LogP contribution in [0, 0.1) is 11.8 Å². The van der Waals surface area contributed by atoms with E-state index in [0.717, 1.165) is 31.6 Å². The molecule has 9 heteroatoms. The smallest absolute Gasteiger partial charge is 0.239 e. The van der Waals surface area contributed by atoms with Crippen molar-refractivity contribution >= 4 is 46.2 Å². The van der Waals surface area contributed by atoms with Gasteiger partial charge in [-0.3, -0.25) is 0 Å². The zero-order chi connectivity index (χ0) is 22.8. The van der Waals surface area contributed by atoms with E-state index in [1.165, 1.54) is 14.2 Å². The van der Waals surface area contributed by atoms with E-state index in [1.54, 1.807) is 18.2 Å². The SMILES string of the molecule is CC#CCCCN(CC)C(=S)Nc1ccc(Oc2cc(OC)c(Cl)c(OC)n2)c(Cl)c1. The summed E-state index contributed by atoms with van der Waals surface area (Å²) in [4.78, 5) is 6.30. The Labute approximate surface area is 198 Å². The largest absolute Gasteiger partial charge is 0.495 e. The number of thiocarbonyl (C=S) groups is 1. The molecule has 1 aromatic heterocycles. The minimum absolute atomic E-state index is 0.195. The molecular formula is C22H25Cl2N3O3S. The second-order valence-electron chi connectivity index (χ2n) is 6.27. The van der Waals surface area contributed by atoms with Gasteiger partial charge in [0.25, 0.3) is 0 Å². The van der Waals surface area contributed by atoms with Crippen molar-refractivity contribution in [2.24, 2.45) is 0 Å². The van der Waals surface area contributed by atoms with Gasteiger partial charge < -0.3 is 24.4 Å². The molecule has 0 fully saturated rings. The Morgan fingerprint density at radius 3 is 2.58 bits per heavy atom. The summed E-state index contributed by atoms with van der Waals surface area (Å²) in [6.45, 7) is 5.53. The Bertz CT molecular complexity index is 951. The molecule has 0 radical (unpaired) electrons. The molecular weight excluding hydrogens is 457 g/mol. The first-order valence-corrected chi connectivity index (χ1v) is 10.8. The van der Waals surface area contributed by atoms with Crippen LogP contribution < -0.4 is 19.5 Å². The van der Waals surface area contributed by atoms with Crippen LogP contribution >= 0.6 is 35.4 Å². The second-order valence-corrected chi connectivity index (χ2v) is 7.45. The third-order valence-corrected chi connectivity index (χ3v) is 5.26. The molecule has 0 saturated carbocycles. The average molecular weight is 482 g/mol. The average Bonchev–Trinajstić information content (AvgIpc) is 2.76. The summed E-state index contributed by atoms with van der Waals surface area (Å²) < 4.78 is 16.2. The molecule has 0 amide bonds. The van der Waals surface area contributed by atoms with Crippen LogP contribution in [0.1, 0.15) is 26.7 Å². The molecule has 0 unspecified atom stereocenters. The van der Waals surface area contributed by atoms with E-state index in [2.05, 4.69) is 34.0 Å². The van der Waals surface area contributed by atoms with E-state index in [0.29, 0.717) is 21.6 Å². The number of hydrogen-bond donors (Lipinski definition) is 1. The van der Waals surface area contributed by atoms with Crippen molar-refractivity contribution in [1.29, 1.82) is 0 Å². The van der Waals surface area contributed by atoms with Gasteiger partial charge in [0.2, 0.25) is 11.8 Å². The fourth-order valence-corrected chi connectivity index (χ4v) is 3.47. The summed E-state index contributed by atoms with van der Waals surface area (Å²) in [6.07, 6.45) is 1.80. The molecule has 1 N–H and O–H groups in total. The molecule has 0 saturated heterocycles. The Morgan fingerprint density at radius 1 is 1.19 bits per heavy atom. The number of pyridine rings is 1. The number of nitrogens with zero attached hydrogens (tertiary/aromatic N) is 2. The first-order valence-electron chi connectivity index (χ1n) is 9.64. The molecule has 166 valence electrons. The topological polar surface area (TPSA) is 55.9 Å². The molecule has 6 nitrogen and oxygen atoms in total. The van der Waals surface area contributed by atoms with Gasteiger partial charge in [0.05, 0.1) is 19.2 Å². The summed E-state index contributed by atoms with van der Waals surface area (Å²) in [5, 5.41) is 4.50. The zero-order valence-corrected chi connectivity index (χ0v) is 20.2. The van der Waals surface area contributed by atoms with Crippen LogP contribution in [0.15, 0.2) is 24.3 Å². The number of ether oxygens (including phenoxy) is 3. The Balaban J connectivity index is 2.09. The van der Waals surface area contributed by atoms with Crippen LogP contribution in [-0.2, 0) is 0 Å². The Morgan fingerprint density at radius 2 is 1.97 bits per heavy atom. The normalized spacial score (nSPS) is 10.0. The van der Waals surface area contributed by atoms with Crippen molar-refractivity contribution in [2.75, 3.05) is 32.6 Å². The lowest BCUT2D eigenvalue weighted by Crippen LogP contribution is -2.35. The van der Waals surface area contributed by atoms with Crippen LogP contribution in [0.3, 0.4) is 0 Å². The minimum atomic E-state index is 0.195.